The van der Waals surface area contributed by atoms with Gasteiger partial charge in [-0.1, -0.05) is 30.4 Å². The number of rotatable bonds is 10. The Balaban J connectivity index is 1.28. The molecule has 0 spiro atoms. The Morgan fingerprint density at radius 1 is 0.750 bits per heavy atom. The van der Waals surface area contributed by atoms with Crippen LogP contribution < -0.4 is 9.47 Å². The predicted molar refractivity (Wildman–Crippen MR) is 161 cm³/mol. The molecule has 48 heavy (non-hydrogen) atoms. The average molecular weight is 680 g/mol. The first-order valence-corrected chi connectivity index (χ1v) is 15.2. The van der Waals surface area contributed by atoms with E-state index in [9.17, 15) is 35.1 Å². The number of nitrogens with zero attached hydrogens (tertiary/aromatic N) is 1. The normalized spacial score (nSPS) is 17.1. The van der Waals surface area contributed by atoms with Gasteiger partial charge in [-0.05, 0) is 105 Å². The van der Waals surface area contributed by atoms with Crippen LogP contribution in [0.3, 0.4) is 0 Å². The van der Waals surface area contributed by atoms with Crippen molar-refractivity contribution < 1.29 is 49.0 Å². The van der Waals surface area contributed by atoms with Gasteiger partial charge in [-0.25, -0.2) is 17.6 Å². The van der Waals surface area contributed by atoms with E-state index in [1.165, 1.54) is 18.6 Å². The molecule has 12 heteroatoms. The summed E-state index contributed by atoms with van der Waals surface area (Å²) in [7, 11) is 0. The van der Waals surface area contributed by atoms with Gasteiger partial charge in [0.2, 0.25) is 0 Å². The number of ether oxygens (including phenoxy) is 2. The van der Waals surface area contributed by atoms with Gasteiger partial charge in [0.05, 0.1) is 5.69 Å². The fraction of sp³-hybridized carbons (Fsp3) is 0.306. The molecule has 1 aliphatic rings. The number of benzene rings is 3. The topological polar surface area (TPSA) is 31.4 Å². The lowest BCUT2D eigenvalue weighted by Crippen LogP contribution is -2.25. The number of halogens is 9. The van der Waals surface area contributed by atoms with E-state index in [0.29, 0.717) is 41.4 Å². The molecule has 0 radical (unpaired) electrons. The van der Waals surface area contributed by atoms with Crippen LogP contribution in [0.5, 0.6) is 11.5 Å². The van der Waals surface area contributed by atoms with Crippen LogP contribution in [0.25, 0.3) is 22.4 Å². The van der Waals surface area contributed by atoms with Crippen molar-refractivity contribution in [3.8, 4) is 33.9 Å². The Kier molecular flexibility index (Phi) is 10.4. The lowest BCUT2D eigenvalue weighted by atomic mass is 9.77. The van der Waals surface area contributed by atoms with Gasteiger partial charge >= 0.3 is 12.5 Å². The van der Waals surface area contributed by atoms with Crippen LogP contribution in [0.4, 0.5) is 39.5 Å². The zero-order valence-electron chi connectivity index (χ0n) is 25.6. The van der Waals surface area contributed by atoms with Crippen LogP contribution in [0.1, 0.15) is 62.5 Å². The maximum absolute atomic E-state index is 15.2. The molecule has 3 nitrogen and oxygen atoms in total. The molecule has 4 aromatic rings. The van der Waals surface area contributed by atoms with Crippen molar-refractivity contribution >= 4 is 0 Å². The van der Waals surface area contributed by atoms with Gasteiger partial charge in [-0.2, -0.15) is 8.78 Å². The molecule has 1 aliphatic carbocycles. The smallest absolute Gasteiger partial charge is 0.429 e. The minimum Gasteiger partial charge on any atom is -0.429 e. The Bertz CT molecular complexity index is 1740. The molecule has 0 unspecified atom stereocenters. The van der Waals surface area contributed by atoms with E-state index >= 15 is 4.39 Å². The second kappa shape index (κ2) is 14.3. The zero-order chi connectivity index (χ0) is 34.6. The summed E-state index contributed by atoms with van der Waals surface area (Å²) in [6.45, 7) is 2.02. The number of aromatic nitrogens is 1. The van der Waals surface area contributed by atoms with E-state index in [0.717, 1.165) is 49.7 Å². The number of alkyl halides is 5. The van der Waals surface area contributed by atoms with Gasteiger partial charge in [0.15, 0.2) is 11.6 Å². The van der Waals surface area contributed by atoms with Crippen molar-refractivity contribution in [3.63, 3.8) is 0 Å². The first-order valence-electron chi connectivity index (χ1n) is 15.2. The van der Waals surface area contributed by atoms with Crippen molar-refractivity contribution in [3.05, 3.63) is 113 Å². The minimum atomic E-state index is -5.26. The first kappa shape index (κ1) is 34.8. The molecule has 1 saturated carbocycles. The maximum Gasteiger partial charge on any atom is 0.573 e. The van der Waals surface area contributed by atoms with Gasteiger partial charge in [0, 0.05) is 23.4 Å². The summed E-state index contributed by atoms with van der Waals surface area (Å²) < 4.78 is 133. The highest BCUT2D eigenvalue weighted by molar-refractivity contribution is 5.70. The summed E-state index contributed by atoms with van der Waals surface area (Å²) in [5.74, 6) is -7.47. The van der Waals surface area contributed by atoms with Crippen molar-refractivity contribution in [1.29, 1.82) is 0 Å². The van der Waals surface area contributed by atoms with E-state index in [4.69, 9.17) is 0 Å². The number of allylic oxidation sites excluding steroid dienone is 2. The third-order valence-electron chi connectivity index (χ3n) is 8.37. The highest BCUT2D eigenvalue weighted by Gasteiger charge is 2.42. The largest absolute Gasteiger partial charge is 0.573 e. The molecule has 1 aromatic heterocycles. The van der Waals surface area contributed by atoms with E-state index in [1.54, 1.807) is 12.3 Å². The summed E-state index contributed by atoms with van der Waals surface area (Å²) in [4.78, 5) is 4.50. The standard InChI is InChI=1S/C36H30F9NO2/c1-2-3-4-5-21-6-8-22(9-7-21)24-11-14-32(46-20-24)23-10-13-27(28(37)16-23)25-17-30(39)34(31(40)18-25)35(41,42)47-26-12-15-33(29(38)19-26)48-36(43,44)45/h2-3,10-22H,4-9H2,1H3/b3-2+. The summed E-state index contributed by atoms with van der Waals surface area (Å²) in [6.07, 6.45) is 2.77. The van der Waals surface area contributed by atoms with Crippen molar-refractivity contribution in [2.45, 2.75) is 63.8 Å². The molecule has 3 aromatic carbocycles. The number of hydrogen-bond donors (Lipinski definition) is 0. The third-order valence-corrected chi connectivity index (χ3v) is 8.37. The van der Waals surface area contributed by atoms with E-state index in [2.05, 4.69) is 26.6 Å². The van der Waals surface area contributed by atoms with Gasteiger partial charge in [0.1, 0.15) is 28.8 Å². The summed E-state index contributed by atoms with van der Waals surface area (Å²) >= 11 is 0. The molecule has 0 aliphatic heterocycles. The number of hydrogen-bond acceptors (Lipinski definition) is 3. The van der Waals surface area contributed by atoms with Crippen LogP contribution in [0, 0.1) is 29.2 Å². The van der Waals surface area contributed by atoms with Gasteiger partial charge < -0.3 is 9.47 Å². The average Bonchev–Trinajstić information content (AvgIpc) is 3.01. The molecule has 1 heterocycles. The Morgan fingerprint density at radius 2 is 1.44 bits per heavy atom. The van der Waals surface area contributed by atoms with E-state index in [-0.39, 0.29) is 11.6 Å². The van der Waals surface area contributed by atoms with Crippen LogP contribution in [0.2, 0.25) is 0 Å². The minimum absolute atomic E-state index is 0.136. The molecular weight excluding hydrogens is 649 g/mol. The lowest BCUT2D eigenvalue weighted by Gasteiger charge is -2.28. The maximum atomic E-state index is 15.2. The fourth-order valence-corrected chi connectivity index (χ4v) is 5.97. The van der Waals surface area contributed by atoms with Gasteiger partial charge in [0.25, 0.3) is 0 Å². The monoisotopic (exact) mass is 679 g/mol. The first-order chi connectivity index (χ1) is 22.7. The van der Waals surface area contributed by atoms with Crippen molar-refractivity contribution in [2.75, 3.05) is 0 Å². The van der Waals surface area contributed by atoms with Crippen LogP contribution in [-0.4, -0.2) is 11.3 Å². The molecule has 0 saturated heterocycles. The third kappa shape index (κ3) is 8.32. The Hall–Kier alpha value is -4.48. The summed E-state index contributed by atoms with van der Waals surface area (Å²) in [5.41, 5.74) is -0.566. The quantitative estimate of drug-likeness (QED) is 0.123. The molecule has 254 valence electrons. The number of pyridine rings is 1. The molecule has 5 rings (SSSR count). The SMILES string of the molecule is C/C=C/CCC1CCC(c2ccc(-c3ccc(-c4cc(F)c(C(F)(F)Oc5ccc(OC(F)(F)F)c(F)c5)c(F)c4)c(F)c3)nc2)CC1. The Morgan fingerprint density at radius 3 is 2.02 bits per heavy atom. The summed E-state index contributed by atoms with van der Waals surface area (Å²) in [5, 5.41) is 0. The van der Waals surface area contributed by atoms with Gasteiger partial charge in [-0.3, -0.25) is 4.98 Å². The van der Waals surface area contributed by atoms with Crippen molar-refractivity contribution in [1.82, 2.24) is 4.98 Å². The molecular formula is C36H30F9NO2. The Labute approximate surface area is 271 Å². The lowest BCUT2D eigenvalue weighted by molar-refractivity contribution is -0.275. The summed E-state index contributed by atoms with van der Waals surface area (Å²) in [6, 6.07) is 9.55. The van der Waals surface area contributed by atoms with Crippen LogP contribution in [-0.2, 0) is 6.11 Å². The molecule has 0 bridgehead atoms. The second-order valence-electron chi connectivity index (χ2n) is 11.6. The zero-order valence-corrected chi connectivity index (χ0v) is 25.6. The molecule has 1 fully saturated rings. The fourth-order valence-electron chi connectivity index (χ4n) is 5.97. The van der Waals surface area contributed by atoms with Crippen molar-refractivity contribution in [2.24, 2.45) is 5.92 Å². The molecule has 0 amide bonds. The van der Waals surface area contributed by atoms with E-state index < -0.39 is 58.4 Å². The second-order valence-corrected chi connectivity index (χ2v) is 11.6. The van der Waals surface area contributed by atoms with Crippen LogP contribution >= 0.6 is 0 Å². The molecule has 0 N–H and O–H groups in total. The predicted octanol–water partition coefficient (Wildman–Crippen LogP) is 11.6. The highest BCUT2D eigenvalue weighted by atomic mass is 19.4. The molecule has 0 atom stereocenters. The van der Waals surface area contributed by atoms with E-state index in [1.807, 2.05) is 13.0 Å². The highest BCUT2D eigenvalue weighted by Crippen LogP contribution is 2.40. The van der Waals surface area contributed by atoms with Gasteiger partial charge in [-0.15, -0.1) is 13.2 Å². The van der Waals surface area contributed by atoms with Crippen LogP contribution in [0.15, 0.2) is 79.0 Å².